The van der Waals surface area contributed by atoms with Gasteiger partial charge in [-0.1, -0.05) is 12.8 Å². The highest BCUT2D eigenvalue weighted by Crippen LogP contribution is 2.36. The van der Waals surface area contributed by atoms with E-state index in [0.29, 0.717) is 11.9 Å². The van der Waals surface area contributed by atoms with Gasteiger partial charge in [0.15, 0.2) is 5.65 Å². The highest BCUT2D eigenvalue weighted by molar-refractivity contribution is 6.20. The summed E-state index contributed by atoms with van der Waals surface area (Å²) in [6, 6.07) is 4.27. The molecule has 3 rings (SSSR count). The Balaban J connectivity index is 2.20. The number of pyridine rings is 1. The van der Waals surface area contributed by atoms with Gasteiger partial charge in [0.1, 0.15) is 11.3 Å². The van der Waals surface area contributed by atoms with E-state index in [1.165, 1.54) is 25.7 Å². The number of imidazole rings is 1. The smallest absolute Gasteiger partial charge is 0.215 e. The first-order valence-corrected chi connectivity index (χ1v) is 7.21. The van der Waals surface area contributed by atoms with Crippen LogP contribution in [0.5, 0.6) is 5.88 Å². The van der Waals surface area contributed by atoms with E-state index in [0.717, 1.165) is 17.0 Å². The first-order valence-electron chi connectivity index (χ1n) is 6.77. The molecule has 0 bridgehead atoms. The van der Waals surface area contributed by atoms with Crippen molar-refractivity contribution in [1.29, 1.82) is 0 Å². The Morgan fingerprint density at radius 3 is 2.68 bits per heavy atom. The molecule has 1 atom stereocenters. The number of fused-ring (bicyclic) bond motifs is 1. The molecule has 1 saturated carbocycles. The van der Waals surface area contributed by atoms with Crippen molar-refractivity contribution < 1.29 is 4.74 Å². The first-order chi connectivity index (χ1) is 9.20. The molecule has 0 aliphatic heterocycles. The molecular weight excluding hydrogens is 262 g/mol. The van der Waals surface area contributed by atoms with Crippen molar-refractivity contribution in [3.05, 3.63) is 18.0 Å². The second-order valence-corrected chi connectivity index (χ2v) is 5.75. The summed E-state index contributed by atoms with van der Waals surface area (Å²) < 4.78 is 7.45. The number of hydrogen-bond donors (Lipinski definition) is 0. The standard InChI is InChI=1S/C14H18ClN3O/c1-9(15)13-16-11-7-8-12(19-2)17-14(11)18(13)10-5-3-4-6-10/h7-10H,3-6H2,1-2H3. The van der Waals surface area contributed by atoms with Crippen LogP contribution in [0, 0.1) is 0 Å². The lowest BCUT2D eigenvalue weighted by Crippen LogP contribution is -2.10. The summed E-state index contributed by atoms with van der Waals surface area (Å²) in [6.45, 7) is 1.96. The second-order valence-electron chi connectivity index (χ2n) is 5.09. The molecule has 5 heteroatoms. The Morgan fingerprint density at radius 1 is 1.32 bits per heavy atom. The van der Waals surface area contributed by atoms with Crippen LogP contribution in [-0.4, -0.2) is 21.6 Å². The molecule has 19 heavy (non-hydrogen) atoms. The Labute approximate surface area is 117 Å². The predicted octanol–water partition coefficient (Wildman–Crippen LogP) is 3.85. The molecule has 1 aliphatic carbocycles. The van der Waals surface area contributed by atoms with Crippen LogP contribution in [-0.2, 0) is 0 Å². The third kappa shape index (κ3) is 2.18. The Morgan fingerprint density at radius 2 is 2.05 bits per heavy atom. The molecule has 1 fully saturated rings. The number of hydrogen-bond acceptors (Lipinski definition) is 3. The lowest BCUT2D eigenvalue weighted by atomic mass is 10.2. The minimum absolute atomic E-state index is 0.110. The number of rotatable bonds is 3. The van der Waals surface area contributed by atoms with E-state index in [9.17, 15) is 0 Å². The SMILES string of the molecule is COc1ccc2nc(C(C)Cl)n(C3CCCC3)c2n1. The predicted molar refractivity (Wildman–Crippen MR) is 75.9 cm³/mol. The van der Waals surface area contributed by atoms with Gasteiger partial charge in [-0.3, -0.25) is 0 Å². The van der Waals surface area contributed by atoms with Crippen molar-refractivity contribution in [3.8, 4) is 5.88 Å². The maximum atomic E-state index is 6.29. The van der Waals surface area contributed by atoms with Crippen molar-refractivity contribution in [2.24, 2.45) is 0 Å². The summed E-state index contributed by atoms with van der Waals surface area (Å²) in [5.74, 6) is 1.55. The van der Waals surface area contributed by atoms with E-state index < -0.39 is 0 Å². The van der Waals surface area contributed by atoms with E-state index in [2.05, 4.69) is 14.5 Å². The summed E-state index contributed by atoms with van der Waals surface area (Å²) in [4.78, 5) is 9.21. The largest absolute Gasteiger partial charge is 0.481 e. The minimum Gasteiger partial charge on any atom is -0.481 e. The van der Waals surface area contributed by atoms with Gasteiger partial charge in [-0.05, 0) is 25.8 Å². The summed E-state index contributed by atoms with van der Waals surface area (Å²) in [6.07, 6.45) is 4.90. The molecule has 2 heterocycles. The van der Waals surface area contributed by atoms with E-state index in [1.807, 2.05) is 19.1 Å². The number of aromatic nitrogens is 3. The summed E-state index contributed by atoms with van der Waals surface area (Å²) >= 11 is 6.29. The molecule has 0 amide bonds. The fourth-order valence-electron chi connectivity index (χ4n) is 2.89. The van der Waals surface area contributed by atoms with Crippen molar-refractivity contribution in [2.75, 3.05) is 7.11 Å². The molecule has 1 aliphatic rings. The number of methoxy groups -OCH3 is 1. The van der Waals surface area contributed by atoms with Gasteiger partial charge in [-0.2, -0.15) is 4.98 Å². The highest BCUT2D eigenvalue weighted by Gasteiger charge is 2.25. The monoisotopic (exact) mass is 279 g/mol. The van der Waals surface area contributed by atoms with Crippen LogP contribution in [0.4, 0.5) is 0 Å². The summed E-state index contributed by atoms with van der Waals surface area (Å²) in [7, 11) is 1.63. The van der Waals surface area contributed by atoms with Crippen LogP contribution in [0.1, 0.15) is 49.9 Å². The summed E-state index contributed by atoms with van der Waals surface area (Å²) in [5, 5.41) is -0.110. The van der Waals surface area contributed by atoms with Crippen molar-refractivity contribution >= 4 is 22.8 Å². The van der Waals surface area contributed by atoms with Crippen LogP contribution < -0.4 is 4.74 Å². The maximum absolute atomic E-state index is 6.29. The molecule has 2 aromatic heterocycles. The quantitative estimate of drug-likeness (QED) is 0.801. The zero-order valence-electron chi connectivity index (χ0n) is 11.3. The molecule has 4 nitrogen and oxygen atoms in total. The molecular formula is C14H18ClN3O. The third-order valence-electron chi connectivity index (χ3n) is 3.79. The molecule has 0 aromatic carbocycles. The Bertz CT molecular complexity index is 588. The van der Waals surface area contributed by atoms with E-state index in [4.69, 9.17) is 16.3 Å². The summed E-state index contributed by atoms with van der Waals surface area (Å²) in [5.41, 5.74) is 1.80. The topological polar surface area (TPSA) is 39.9 Å². The molecule has 0 N–H and O–H groups in total. The zero-order chi connectivity index (χ0) is 13.4. The van der Waals surface area contributed by atoms with Crippen molar-refractivity contribution in [3.63, 3.8) is 0 Å². The Kier molecular flexibility index (Phi) is 3.35. The van der Waals surface area contributed by atoms with Gasteiger partial charge in [0.2, 0.25) is 5.88 Å². The number of alkyl halides is 1. The fraction of sp³-hybridized carbons (Fsp3) is 0.571. The van der Waals surface area contributed by atoms with Gasteiger partial charge >= 0.3 is 0 Å². The second kappa shape index (κ2) is 5.00. The van der Waals surface area contributed by atoms with Gasteiger partial charge in [-0.15, -0.1) is 11.6 Å². The van der Waals surface area contributed by atoms with Gasteiger partial charge in [-0.25, -0.2) is 4.98 Å². The van der Waals surface area contributed by atoms with Gasteiger partial charge in [0, 0.05) is 12.1 Å². The molecule has 0 saturated heterocycles. The molecule has 0 radical (unpaired) electrons. The zero-order valence-corrected chi connectivity index (χ0v) is 12.0. The average molecular weight is 280 g/mol. The maximum Gasteiger partial charge on any atom is 0.215 e. The normalized spacial score (nSPS) is 18.1. The highest BCUT2D eigenvalue weighted by atomic mass is 35.5. The fourth-order valence-corrected chi connectivity index (χ4v) is 3.04. The number of halogens is 1. The number of nitrogens with zero attached hydrogens (tertiary/aromatic N) is 3. The van der Waals surface area contributed by atoms with Crippen molar-refractivity contribution in [1.82, 2.24) is 14.5 Å². The van der Waals surface area contributed by atoms with E-state index in [1.54, 1.807) is 7.11 Å². The first kappa shape index (κ1) is 12.7. The third-order valence-corrected chi connectivity index (χ3v) is 3.99. The lowest BCUT2D eigenvalue weighted by Gasteiger charge is -2.16. The van der Waals surface area contributed by atoms with Crippen molar-refractivity contribution in [2.45, 2.75) is 44.0 Å². The lowest BCUT2D eigenvalue weighted by molar-refractivity contribution is 0.398. The Hall–Kier alpha value is -1.29. The van der Waals surface area contributed by atoms with Gasteiger partial charge in [0.05, 0.1) is 12.5 Å². The van der Waals surface area contributed by atoms with Crippen LogP contribution in [0.2, 0.25) is 0 Å². The van der Waals surface area contributed by atoms with Crippen LogP contribution in [0.3, 0.4) is 0 Å². The molecule has 1 unspecified atom stereocenters. The van der Waals surface area contributed by atoms with Crippen LogP contribution in [0.15, 0.2) is 12.1 Å². The van der Waals surface area contributed by atoms with Crippen LogP contribution >= 0.6 is 11.6 Å². The molecule has 102 valence electrons. The number of ether oxygens (including phenoxy) is 1. The van der Waals surface area contributed by atoms with E-state index in [-0.39, 0.29) is 5.38 Å². The average Bonchev–Trinajstić information content (AvgIpc) is 3.04. The van der Waals surface area contributed by atoms with Gasteiger partial charge < -0.3 is 9.30 Å². The van der Waals surface area contributed by atoms with E-state index >= 15 is 0 Å². The molecule has 0 spiro atoms. The van der Waals surface area contributed by atoms with Crippen LogP contribution in [0.25, 0.3) is 11.2 Å². The van der Waals surface area contributed by atoms with Gasteiger partial charge in [0.25, 0.3) is 0 Å². The minimum atomic E-state index is -0.110. The molecule has 2 aromatic rings.